The number of esters is 3. The van der Waals surface area contributed by atoms with Gasteiger partial charge in [-0.2, -0.15) is 0 Å². The van der Waals surface area contributed by atoms with Crippen molar-refractivity contribution in [2.24, 2.45) is 0 Å². The Hall–Kier alpha value is -3.67. The van der Waals surface area contributed by atoms with E-state index in [9.17, 15) is 14.4 Å². The van der Waals surface area contributed by atoms with Gasteiger partial charge in [0.05, 0.1) is 0 Å². The molecule has 0 aliphatic carbocycles. The molecule has 0 aromatic heterocycles. The first kappa shape index (κ1) is 78.3. The van der Waals surface area contributed by atoms with Crippen molar-refractivity contribution in [1.29, 1.82) is 0 Å². The Labute approximate surface area is 508 Å². The Bertz CT molecular complexity index is 1590. The molecule has 0 aliphatic heterocycles. The maximum Gasteiger partial charge on any atom is 0.306 e. The second-order valence-corrected chi connectivity index (χ2v) is 23.4. The van der Waals surface area contributed by atoms with Crippen LogP contribution in [-0.4, -0.2) is 37.2 Å². The van der Waals surface area contributed by atoms with E-state index in [2.05, 4.69) is 118 Å². The van der Waals surface area contributed by atoms with E-state index in [1.165, 1.54) is 186 Å². The zero-order valence-corrected chi connectivity index (χ0v) is 54.2. The van der Waals surface area contributed by atoms with E-state index in [1.807, 2.05) is 0 Å². The Morgan fingerprint density at radius 1 is 0.256 bits per heavy atom. The van der Waals surface area contributed by atoms with Gasteiger partial charge in [0, 0.05) is 19.3 Å². The van der Waals surface area contributed by atoms with Crippen molar-refractivity contribution in [3.63, 3.8) is 0 Å². The largest absolute Gasteiger partial charge is 0.462 e. The summed E-state index contributed by atoms with van der Waals surface area (Å²) in [5.41, 5.74) is 0. The normalized spacial score (nSPS) is 12.7. The maximum atomic E-state index is 12.9. The predicted molar refractivity (Wildman–Crippen MR) is 357 cm³/mol. The second kappa shape index (κ2) is 69.8. The van der Waals surface area contributed by atoms with Crippen molar-refractivity contribution in [1.82, 2.24) is 0 Å². The summed E-state index contributed by atoms with van der Waals surface area (Å²) in [5, 5.41) is 0. The van der Waals surface area contributed by atoms with E-state index < -0.39 is 6.10 Å². The standard InChI is InChI=1S/C76H132O6/c1-4-7-10-13-16-19-22-24-26-28-30-32-34-36-37-38-39-40-42-43-45-47-49-51-54-57-60-63-66-69-75(78)81-72-73(71-80-74(77)68-65-62-59-56-53-21-18-15-12-9-6-3)82-76(79)70-67-64-61-58-55-52-50-48-46-44-41-35-33-31-29-27-25-23-20-17-14-11-8-5-2/h7,10,16,19,24,26,30,32,36-37,39-40,43,45,49,51,73H,4-6,8-9,11-15,17-18,20-23,25,27-29,31,33-35,38,41-42,44,46-48,50,52-72H2,1-3H3/b10-7-,19-16-,26-24-,32-30-,37-36-,40-39-,45-43-,51-49-. The molecule has 0 aromatic rings. The third-order valence-corrected chi connectivity index (χ3v) is 15.4. The van der Waals surface area contributed by atoms with Crippen molar-refractivity contribution in [3.05, 3.63) is 97.2 Å². The molecule has 0 radical (unpaired) electrons. The van der Waals surface area contributed by atoms with Crippen LogP contribution in [0.25, 0.3) is 0 Å². The number of carbonyl (C=O) groups is 3. The lowest BCUT2D eigenvalue weighted by Gasteiger charge is -2.18. The summed E-state index contributed by atoms with van der Waals surface area (Å²) >= 11 is 0. The lowest BCUT2D eigenvalue weighted by atomic mass is 10.0. The highest BCUT2D eigenvalue weighted by Crippen LogP contribution is 2.18. The second-order valence-electron chi connectivity index (χ2n) is 23.4. The summed E-state index contributed by atoms with van der Waals surface area (Å²) in [6.45, 7) is 6.54. The number of rotatable bonds is 64. The summed E-state index contributed by atoms with van der Waals surface area (Å²) in [6, 6.07) is 0. The van der Waals surface area contributed by atoms with Gasteiger partial charge in [-0.05, 0) is 83.5 Å². The molecular weight excluding hydrogens is 1010 g/mol. The Morgan fingerprint density at radius 3 is 0.744 bits per heavy atom. The summed E-state index contributed by atoms with van der Waals surface area (Å²) in [6.07, 6.45) is 94.4. The van der Waals surface area contributed by atoms with Crippen molar-refractivity contribution in [2.45, 2.75) is 354 Å². The minimum Gasteiger partial charge on any atom is -0.462 e. The average molecular weight is 1140 g/mol. The molecule has 0 amide bonds. The number of hydrogen-bond donors (Lipinski definition) is 0. The zero-order chi connectivity index (χ0) is 59.2. The van der Waals surface area contributed by atoms with E-state index >= 15 is 0 Å². The number of hydrogen-bond acceptors (Lipinski definition) is 6. The molecule has 1 atom stereocenters. The smallest absolute Gasteiger partial charge is 0.306 e. The summed E-state index contributed by atoms with van der Waals surface area (Å²) in [5.74, 6) is -0.891. The Morgan fingerprint density at radius 2 is 0.476 bits per heavy atom. The first-order valence-corrected chi connectivity index (χ1v) is 35.2. The topological polar surface area (TPSA) is 78.9 Å². The first-order valence-electron chi connectivity index (χ1n) is 35.2. The minimum atomic E-state index is -0.787. The van der Waals surface area contributed by atoms with Gasteiger partial charge in [0.2, 0.25) is 0 Å². The van der Waals surface area contributed by atoms with Gasteiger partial charge in [0.15, 0.2) is 6.10 Å². The van der Waals surface area contributed by atoms with Crippen LogP contribution in [0.4, 0.5) is 0 Å². The van der Waals surface area contributed by atoms with Crippen molar-refractivity contribution < 1.29 is 28.6 Å². The van der Waals surface area contributed by atoms with Crippen LogP contribution in [0.1, 0.15) is 348 Å². The van der Waals surface area contributed by atoms with Crippen LogP contribution in [-0.2, 0) is 28.6 Å². The monoisotopic (exact) mass is 1140 g/mol. The molecule has 6 nitrogen and oxygen atoms in total. The van der Waals surface area contributed by atoms with Crippen LogP contribution < -0.4 is 0 Å². The highest BCUT2D eigenvalue weighted by Gasteiger charge is 2.19. The van der Waals surface area contributed by atoms with Crippen LogP contribution in [0.2, 0.25) is 0 Å². The highest BCUT2D eigenvalue weighted by molar-refractivity contribution is 5.71. The van der Waals surface area contributed by atoms with E-state index in [4.69, 9.17) is 14.2 Å². The van der Waals surface area contributed by atoms with Gasteiger partial charge in [0.25, 0.3) is 0 Å². The van der Waals surface area contributed by atoms with Gasteiger partial charge in [-0.1, -0.05) is 343 Å². The molecule has 0 aromatic carbocycles. The van der Waals surface area contributed by atoms with Crippen molar-refractivity contribution >= 4 is 17.9 Å². The van der Waals surface area contributed by atoms with Gasteiger partial charge >= 0.3 is 17.9 Å². The van der Waals surface area contributed by atoms with Crippen LogP contribution in [0, 0.1) is 0 Å². The van der Waals surface area contributed by atoms with E-state index in [0.29, 0.717) is 19.3 Å². The van der Waals surface area contributed by atoms with Crippen LogP contribution in [0.15, 0.2) is 97.2 Å². The fourth-order valence-corrected chi connectivity index (χ4v) is 10.1. The molecule has 0 fully saturated rings. The number of ether oxygens (including phenoxy) is 3. The SMILES string of the molecule is CC/C=C\C/C=C\C/C=C\C/C=C\C/C=C\C/C=C\C/C=C\C/C=C\CCCCCCC(=O)OCC(COC(=O)CCCCCCCCCCCCC)OC(=O)CCCCCCCCCCCCCCCCCCCCCCCCCC. The predicted octanol–water partition coefficient (Wildman–Crippen LogP) is 24.4. The fourth-order valence-electron chi connectivity index (χ4n) is 10.1. The molecule has 0 saturated carbocycles. The average Bonchev–Trinajstić information content (AvgIpc) is 3.47. The molecular formula is C76H132O6. The van der Waals surface area contributed by atoms with Crippen LogP contribution in [0.3, 0.4) is 0 Å². The molecule has 472 valence electrons. The summed E-state index contributed by atoms with van der Waals surface area (Å²) < 4.78 is 16.9. The van der Waals surface area contributed by atoms with E-state index in [1.54, 1.807) is 0 Å². The molecule has 1 unspecified atom stereocenters. The van der Waals surface area contributed by atoms with Crippen molar-refractivity contribution in [3.8, 4) is 0 Å². The minimum absolute atomic E-state index is 0.0812. The molecule has 0 rings (SSSR count). The van der Waals surface area contributed by atoms with Gasteiger partial charge < -0.3 is 14.2 Å². The van der Waals surface area contributed by atoms with Crippen LogP contribution >= 0.6 is 0 Å². The van der Waals surface area contributed by atoms with Crippen molar-refractivity contribution in [2.75, 3.05) is 13.2 Å². The van der Waals surface area contributed by atoms with E-state index in [0.717, 1.165) is 122 Å². The van der Waals surface area contributed by atoms with Crippen LogP contribution in [0.5, 0.6) is 0 Å². The fraction of sp³-hybridized carbons (Fsp3) is 0.750. The molecule has 0 aliphatic rings. The van der Waals surface area contributed by atoms with Gasteiger partial charge in [0.1, 0.15) is 13.2 Å². The first-order chi connectivity index (χ1) is 40.5. The quantitative estimate of drug-likeness (QED) is 0.0261. The molecule has 0 bridgehead atoms. The number of unbranched alkanes of at least 4 members (excludes halogenated alkanes) is 37. The lowest BCUT2D eigenvalue weighted by molar-refractivity contribution is -0.167. The molecule has 82 heavy (non-hydrogen) atoms. The maximum absolute atomic E-state index is 12.9. The highest BCUT2D eigenvalue weighted by atomic mass is 16.6. The summed E-state index contributed by atoms with van der Waals surface area (Å²) in [4.78, 5) is 38.4. The lowest BCUT2D eigenvalue weighted by Crippen LogP contribution is -2.30. The Balaban J connectivity index is 4.29. The Kier molecular flexibility index (Phi) is 66.7. The third kappa shape index (κ3) is 67.1. The molecule has 6 heteroatoms. The molecule has 0 saturated heterocycles. The summed E-state index contributed by atoms with van der Waals surface area (Å²) in [7, 11) is 0. The van der Waals surface area contributed by atoms with Gasteiger partial charge in [-0.25, -0.2) is 0 Å². The van der Waals surface area contributed by atoms with Gasteiger partial charge in [-0.3, -0.25) is 14.4 Å². The zero-order valence-electron chi connectivity index (χ0n) is 54.2. The molecule has 0 N–H and O–H groups in total. The number of allylic oxidation sites excluding steroid dienone is 16. The molecule has 0 spiro atoms. The van der Waals surface area contributed by atoms with Gasteiger partial charge in [-0.15, -0.1) is 0 Å². The van der Waals surface area contributed by atoms with E-state index in [-0.39, 0.29) is 31.1 Å². The molecule has 0 heterocycles. The third-order valence-electron chi connectivity index (χ3n) is 15.4. The number of carbonyl (C=O) groups excluding carboxylic acids is 3.